The Hall–Kier alpha value is -3.81. The molecule has 2 heterocycles. The Labute approximate surface area is 233 Å². The standard InChI is InChI=1S/C31H33ClN6O/c1-20-15-21(2)27-24(16-20)17-26(30(39)33-27)28(29-34-35-36-38(29)31(3,4)5)37(18-22-9-7-6-8-10-22)19-23-11-13-25(32)14-12-23/h6-17,28H,18-19H2,1-5H3,(H,33,39). The van der Waals surface area contributed by atoms with Crippen molar-refractivity contribution in [2.24, 2.45) is 0 Å². The summed E-state index contributed by atoms with van der Waals surface area (Å²) in [4.78, 5) is 19.3. The van der Waals surface area contributed by atoms with E-state index in [9.17, 15) is 4.79 Å². The summed E-state index contributed by atoms with van der Waals surface area (Å²) in [5.41, 5.74) is 5.25. The summed E-state index contributed by atoms with van der Waals surface area (Å²) >= 11 is 6.20. The molecule has 0 saturated carbocycles. The van der Waals surface area contributed by atoms with E-state index in [1.807, 2.05) is 60.1 Å². The van der Waals surface area contributed by atoms with Crippen LogP contribution in [-0.4, -0.2) is 30.1 Å². The number of aryl methyl sites for hydroxylation is 2. The van der Waals surface area contributed by atoms with Gasteiger partial charge in [-0.25, -0.2) is 4.68 Å². The number of fused-ring (bicyclic) bond motifs is 1. The maximum atomic E-state index is 13.8. The van der Waals surface area contributed by atoms with Gasteiger partial charge in [-0.15, -0.1) is 5.10 Å². The zero-order valence-electron chi connectivity index (χ0n) is 22.9. The maximum Gasteiger partial charge on any atom is 0.253 e. The first kappa shape index (κ1) is 26.8. The monoisotopic (exact) mass is 540 g/mol. The number of nitrogens with one attached hydrogen (secondary N) is 1. The highest BCUT2D eigenvalue weighted by atomic mass is 35.5. The number of pyridine rings is 1. The summed E-state index contributed by atoms with van der Waals surface area (Å²) in [6.07, 6.45) is 0. The van der Waals surface area contributed by atoms with E-state index in [0.29, 0.717) is 29.5 Å². The van der Waals surface area contributed by atoms with Crippen LogP contribution in [0.3, 0.4) is 0 Å². The SMILES string of the molecule is Cc1cc(C)c2[nH]c(=O)c(C(c3nnnn3C(C)(C)C)N(Cc3ccccc3)Cc3ccc(Cl)cc3)cc2c1. The molecular weight excluding hydrogens is 508 g/mol. The molecule has 8 heteroatoms. The van der Waals surface area contributed by atoms with Crippen LogP contribution in [-0.2, 0) is 18.6 Å². The van der Waals surface area contributed by atoms with Crippen molar-refractivity contribution in [1.82, 2.24) is 30.1 Å². The van der Waals surface area contributed by atoms with Gasteiger partial charge in [-0.2, -0.15) is 0 Å². The van der Waals surface area contributed by atoms with Gasteiger partial charge >= 0.3 is 0 Å². The average Bonchev–Trinajstić information content (AvgIpc) is 3.37. The molecule has 1 atom stereocenters. The summed E-state index contributed by atoms with van der Waals surface area (Å²) in [6, 6.07) is 23.7. The first-order valence-corrected chi connectivity index (χ1v) is 13.4. The zero-order chi connectivity index (χ0) is 27.7. The molecule has 39 heavy (non-hydrogen) atoms. The molecule has 0 aliphatic rings. The molecule has 3 aromatic carbocycles. The Morgan fingerprint density at radius 3 is 2.28 bits per heavy atom. The fourth-order valence-electron chi connectivity index (χ4n) is 5.13. The van der Waals surface area contributed by atoms with Crippen LogP contribution in [0.1, 0.15) is 60.5 Å². The van der Waals surface area contributed by atoms with Gasteiger partial charge < -0.3 is 4.98 Å². The van der Waals surface area contributed by atoms with Crippen molar-refractivity contribution in [2.75, 3.05) is 0 Å². The summed E-state index contributed by atoms with van der Waals surface area (Å²) in [6.45, 7) is 11.4. The predicted molar refractivity (Wildman–Crippen MR) is 156 cm³/mol. The Balaban J connectivity index is 1.75. The van der Waals surface area contributed by atoms with Crippen molar-refractivity contribution in [3.05, 3.63) is 122 Å². The second-order valence-corrected chi connectivity index (χ2v) is 11.6. The lowest BCUT2D eigenvalue weighted by molar-refractivity contribution is 0.184. The minimum absolute atomic E-state index is 0.155. The molecule has 5 rings (SSSR count). The van der Waals surface area contributed by atoms with Crippen molar-refractivity contribution in [1.29, 1.82) is 0 Å². The second kappa shape index (κ2) is 10.8. The van der Waals surface area contributed by atoms with Crippen LogP contribution in [0.2, 0.25) is 5.02 Å². The Kier molecular flexibility index (Phi) is 7.38. The topological polar surface area (TPSA) is 79.7 Å². The third-order valence-electron chi connectivity index (χ3n) is 6.88. The number of rotatable bonds is 7. The zero-order valence-corrected chi connectivity index (χ0v) is 23.7. The first-order valence-electron chi connectivity index (χ1n) is 13.1. The van der Waals surface area contributed by atoms with Gasteiger partial charge in [0, 0.05) is 23.7 Å². The van der Waals surface area contributed by atoms with Gasteiger partial charge in [0.15, 0.2) is 5.82 Å². The summed E-state index contributed by atoms with van der Waals surface area (Å²) < 4.78 is 1.82. The van der Waals surface area contributed by atoms with E-state index in [4.69, 9.17) is 11.6 Å². The van der Waals surface area contributed by atoms with Crippen molar-refractivity contribution >= 4 is 22.5 Å². The summed E-state index contributed by atoms with van der Waals surface area (Å²) in [7, 11) is 0. The van der Waals surface area contributed by atoms with Gasteiger partial charge in [-0.1, -0.05) is 65.7 Å². The fraction of sp³-hybridized carbons (Fsp3) is 0.290. The Morgan fingerprint density at radius 1 is 0.949 bits per heavy atom. The van der Waals surface area contributed by atoms with E-state index in [0.717, 1.165) is 33.2 Å². The minimum atomic E-state index is -0.524. The second-order valence-electron chi connectivity index (χ2n) is 11.1. The van der Waals surface area contributed by atoms with Crippen LogP contribution in [0.5, 0.6) is 0 Å². The van der Waals surface area contributed by atoms with Crippen LogP contribution in [0, 0.1) is 13.8 Å². The van der Waals surface area contributed by atoms with Gasteiger partial charge in [-0.3, -0.25) is 9.69 Å². The third-order valence-corrected chi connectivity index (χ3v) is 7.13. The van der Waals surface area contributed by atoms with E-state index in [2.05, 4.69) is 77.4 Å². The molecule has 0 spiro atoms. The van der Waals surface area contributed by atoms with E-state index in [-0.39, 0.29) is 5.56 Å². The van der Waals surface area contributed by atoms with E-state index < -0.39 is 11.6 Å². The smallest absolute Gasteiger partial charge is 0.253 e. The Morgan fingerprint density at radius 2 is 1.62 bits per heavy atom. The van der Waals surface area contributed by atoms with E-state index in [1.54, 1.807) is 0 Å². The molecule has 0 saturated heterocycles. The highest BCUT2D eigenvalue weighted by Gasteiger charge is 2.33. The first-order chi connectivity index (χ1) is 18.6. The van der Waals surface area contributed by atoms with Gasteiger partial charge in [0.05, 0.1) is 11.1 Å². The van der Waals surface area contributed by atoms with Crippen LogP contribution in [0.25, 0.3) is 10.9 Å². The van der Waals surface area contributed by atoms with Gasteiger partial charge in [-0.05, 0) is 91.4 Å². The van der Waals surface area contributed by atoms with Gasteiger partial charge in [0.2, 0.25) is 0 Å². The molecule has 200 valence electrons. The molecule has 0 amide bonds. The highest BCUT2D eigenvalue weighted by molar-refractivity contribution is 6.30. The molecule has 0 aliphatic heterocycles. The summed E-state index contributed by atoms with van der Waals surface area (Å²) in [5, 5.41) is 14.6. The lowest BCUT2D eigenvalue weighted by atomic mass is 9.98. The van der Waals surface area contributed by atoms with E-state index in [1.165, 1.54) is 0 Å². The van der Waals surface area contributed by atoms with Gasteiger partial charge in [0.25, 0.3) is 5.56 Å². The largest absolute Gasteiger partial charge is 0.321 e. The highest BCUT2D eigenvalue weighted by Crippen LogP contribution is 2.32. The molecule has 5 aromatic rings. The number of aromatic amines is 1. The number of halogens is 1. The number of tetrazole rings is 1. The number of hydrogen-bond acceptors (Lipinski definition) is 5. The lowest BCUT2D eigenvalue weighted by Crippen LogP contribution is -2.37. The molecule has 7 nitrogen and oxygen atoms in total. The molecule has 0 aliphatic carbocycles. The average molecular weight is 541 g/mol. The molecular formula is C31H33ClN6O. The summed E-state index contributed by atoms with van der Waals surface area (Å²) in [5.74, 6) is 0.613. The molecule has 1 N–H and O–H groups in total. The van der Waals surface area contributed by atoms with Gasteiger partial charge in [0.1, 0.15) is 6.04 Å². The minimum Gasteiger partial charge on any atom is -0.321 e. The van der Waals surface area contributed by atoms with Crippen molar-refractivity contribution in [3.8, 4) is 0 Å². The lowest BCUT2D eigenvalue weighted by Gasteiger charge is -2.33. The molecule has 0 bridgehead atoms. The predicted octanol–water partition coefficient (Wildman–Crippen LogP) is 6.33. The Bertz CT molecular complexity index is 1650. The quantitative estimate of drug-likeness (QED) is 0.261. The number of H-pyrrole nitrogens is 1. The number of aromatic nitrogens is 5. The normalized spacial score (nSPS) is 12.8. The van der Waals surface area contributed by atoms with Crippen molar-refractivity contribution in [3.63, 3.8) is 0 Å². The van der Waals surface area contributed by atoms with Crippen LogP contribution in [0.4, 0.5) is 0 Å². The molecule has 1 unspecified atom stereocenters. The van der Waals surface area contributed by atoms with Crippen LogP contribution >= 0.6 is 11.6 Å². The fourth-order valence-corrected chi connectivity index (χ4v) is 5.26. The molecule has 2 aromatic heterocycles. The number of nitrogens with zero attached hydrogens (tertiary/aromatic N) is 5. The number of benzene rings is 3. The molecule has 0 fully saturated rings. The van der Waals surface area contributed by atoms with Crippen LogP contribution in [0.15, 0.2) is 77.6 Å². The maximum absolute atomic E-state index is 13.8. The third kappa shape index (κ3) is 5.79. The van der Waals surface area contributed by atoms with E-state index >= 15 is 0 Å². The number of hydrogen-bond donors (Lipinski definition) is 1. The van der Waals surface area contributed by atoms with Crippen LogP contribution < -0.4 is 5.56 Å². The molecule has 0 radical (unpaired) electrons. The van der Waals surface area contributed by atoms with Crippen molar-refractivity contribution < 1.29 is 0 Å². The van der Waals surface area contributed by atoms with Crippen molar-refractivity contribution in [2.45, 2.75) is 59.3 Å².